The molecule has 1 unspecified atom stereocenters. The Morgan fingerprint density at radius 1 is 1.19 bits per heavy atom. The van der Waals surface area contributed by atoms with Crippen LogP contribution in [-0.4, -0.2) is 43.8 Å². The predicted octanol–water partition coefficient (Wildman–Crippen LogP) is 2.38. The van der Waals surface area contributed by atoms with Crippen molar-refractivity contribution >= 4 is 27.3 Å². The summed E-state index contributed by atoms with van der Waals surface area (Å²) in [6, 6.07) is 6.27. The average molecular weight is 527 g/mol. The summed E-state index contributed by atoms with van der Waals surface area (Å²) < 4.78 is 61.1. The third-order valence-corrected chi connectivity index (χ3v) is 8.03. The maximum Gasteiger partial charge on any atom is 0.501 e. The summed E-state index contributed by atoms with van der Waals surface area (Å²) >= 11 is 0. The maximum absolute atomic E-state index is 12.7. The lowest BCUT2D eigenvalue weighted by atomic mass is 9.82. The minimum Gasteiger partial charge on any atom is -0.386 e. The molecule has 6 N–H and O–H groups in total. The Balaban J connectivity index is 1.69. The molecular weight excluding hydrogens is 497 g/mol. The van der Waals surface area contributed by atoms with E-state index >= 15 is 0 Å². The summed E-state index contributed by atoms with van der Waals surface area (Å²) in [6.45, 7) is 2.16. The number of nitrogens with two attached hydrogens (primary N) is 2. The van der Waals surface area contributed by atoms with Gasteiger partial charge < -0.3 is 22.1 Å². The number of carbonyl (C=O) groups excluding carboxylic acids is 1. The van der Waals surface area contributed by atoms with E-state index in [1.54, 1.807) is 0 Å². The quantitative estimate of drug-likeness (QED) is 0.218. The van der Waals surface area contributed by atoms with Crippen molar-refractivity contribution in [3.8, 4) is 6.07 Å². The summed E-state index contributed by atoms with van der Waals surface area (Å²) in [6.07, 6.45) is 5.94. The van der Waals surface area contributed by atoms with Crippen LogP contribution in [0.2, 0.25) is 0 Å². The van der Waals surface area contributed by atoms with Crippen LogP contribution >= 0.6 is 0 Å². The smallest absolute Gasteiger partial charge is 0.386 e. The van der Waals surface area contributed by atoms with E-state index in [1.165, 1.54) is 19.0 Å². The van der Waals surface area contributed by atoms with Crippen LogP contribution in [0.25, 0.3) is 0 Å². The molecule has 0 aromatic heterocycles. The third kappa shape index (κ3) is 6.55. The molecule has 3 rings (SSSR count). The standard InChI is InChI=1S/C23H29F3N6O3S/c1-13(14-2-3-14)31-17-6-9-20(15(10-17)11-27)30-12-19(22(29)33)21(28)32-16-4-7-18(8-5-16)36(34,35)23(24,25)26/h4-5,7-8,12-15,17,20,30-31H,2-3,6,9-10H2,1H3,(H2,28,32)(H2,29,33)/b19-12+/t13-,15?,17+,20-/m0/s1. The van der Waals surface area contributed by atoms with Gasteiger partial charge in [-0.2, -0.15) is 18.4 Å². The summed E-state index contributed by atoms with van der Waals surface area (Å²) in [5, 5.41) is 16.3. The van der Waals surface area contributed by atoms with Crippen LogP contribution in [0.3, 0.4) is 0 Å². The van der Waals surface area contributed by atoms with E-state index in [0.717, 1.165) is 30.7 Å². The van der Waals surface area contributed by atoms with Crippen molar-refractivity contribution in [1.82, 2.24) is 10.6 Å². The van der Waals surface area contributed by atoms with Crippen LogP contribution in [0.4, 0.5) is 18.9 Å². The highest BCUT2D eigenvalue weighted by molar-refractivity contribution is 7.92. The second-order valence-electron chi connectivity index (χ2n) is 9.17. The monoisotopic (exact) mass is 526 g/mol. The van der Waals surface area contributed by atoms with Crippen LogP contribution in [0.5, 0.6) is 0 Å². The number of rotatable bonds is 9. The van der Waals surface area contributed by atoms with E-state index in [0.29, 0.717) is 24.8 Å². The lowest BCUT2D eigenvalue weighted by Crippen LogP contribution is -2.47. The molecule has 0 radical (unpaired) electrons. The molecule has 9 nitrogen and oxygen atoms in total. The SMILES string of the molecule is C[C@H](N[C@@H]1CC[C@H](N/C=C(/C(N)=O)C(N)=Nc2ccc(S(=O)(=O)C(F)(F)F)cc2)C(C#N)C1)C1CC1. The summed E-state index contributed by atoms with van der Waals surface area (Å²) in [5.74, 6) is -0.824. The van der Waals surface area contributed by atoms with Crippen molar-refractivity contribution in [2.24, 2.45) is 28.3 Å². The van der Waals surface area contributed by atoms with E-state index in [-0.39, 0.29) is 35.1 Å². The van der Waals surface area contributed by atoms with Gasteiger partial charge in [-0.25, -0.2) is 13.4 Å². The van der Waals surface area contributed by atoms with Crippen molar-refractivity contribution in [3.63, 3.8) is 0 Å². The van der Waals surface area contributed by atoms with Crippen molar-refractivity contribution in [2.45, 2.75) is 67.6 Å². The fourth-order valence-electron chi connectivity index (χ4n) is 4.26. The Hall–Kier alpha value is -3.11. The Kier molecular flexibility index (Phi) is 8.30. The highest BCUT2D eigenvalue weighted by atomic mass is 32.2. The van der Waals surface area contributed by atoms with Gasteiger partial charge >= 0.3 is 5.51 Å². The lowest BCUT2D eigenvalue weighted by molar-refractivity contribution is -0.114. The molecule has 2 fully saturated rings. The number of hydrogen-bond acceptors (Lipinski definition) is 7. The van der Waals surface area contributed by atoms with Gasteiger partial charge in [0.1, 0.15) is 5.84 Å². The minimum absolute atomic E-state index is 0.0204. The Morgan fingerprint density at radius 3 is 2.36 bits per heavy atom. The Morgan fingerprint density at radius 2 is 1.83 bits per heavy atom. The molecule has 2 aliphatic carbocycles. The molecule has 13 heteroatoms. The second-order valence-corrected chi connectivity index (χ2v) is 11.1. The van der Waals surface area contributed by atoms with Gasteiger partial charge in [0, 0.05) is 24.3 Å². The molecule has 36 heavy (non-hydrogen) atoms. The van der Waals surface area contributed by atoms with Gasteiger partial charge in [-0.05, 0) is 69.2 Å². The average Bonchev–Trinajstić information content (AvgIpc) is 3.65. The van der Waals surface area contributed by atoms with Crippen molar-refractivity contribution in [3.05, 3.63) is 36.0 Å². The zero-order chi connectivity index (χ0) is 26.7. The number of benzene rings is 1. The Bertz CT molecular complexity index is 1170. The Labute approximate surface area is 207 Å². The van der Waals surface area contributed by atoms with Gasteiger partial charge in [0.2, 0.25) is 0 Å². The number of halogens is 3. The van der Waals surface area contributed by atoms with Gasteiger partial charge in [0.25, 0.3) is 15.7 Å². The molecule has 0 heterocycles. The summed E-state index contributed by atoms with van der Waals surface area (Å²) in [5.41, 5.74) is 5.74. The number of primary amides is 1. The first-order valence-electron chi connectivity index (χ1n) is 11.5. The number of nitriles is 1. The normalized spacial score (nSPS) is 24.6. The topological polar surface area (TPSA) is 163 Å². The molecule has 1 aromatic rings. The zero-order valence-corrected chi connectivity index (χ0v) is 20.4. The van der Waals surface area contributed by atoms with Crippen molar-refractivity contribution in [1.29, 1.82) is 5.26 Å². The van der Waals surface area contributed by atoms with Gasteiger partial charge in [-0.15, -0.1) is 0 Å². The summed E-state index contributed by atoms with van der Waals surface area (Å²) in [4.78, 5) is 15.0. The third-order valence-electron chi connectivity index (χ3n) is 6.53. The number of carbonyl (C=O) groups is 1. The molecule has 0 spiro atoms. The van der Waals surface area contributed by atoms with Crippen LogP contribution in [0.1, 0.15) is 39.0 Å². The number of nitrogens with zero attached hydrogens (tertiary/aromatic N) is 2. The van der Waals surface area contributed by atoms with E-state index in [4.69, 9.17) is 11.5 Å². The van der Waals surface area contributed by atoms with Crippen LogP contribution < -0.4 is 22.1 Å². The molecule has 196 valence electrons. The van der Waals surface area contributed by atoms with Crippen molar-refractivity contribution < 1.29 is 26.4 Å². The number of amidine groups is 1. The van der Waals surface area contributed by atoms with Gasteiger partial charge in [0.05, 0.1) is 28.1 Å². The number of hydrogen-bond donors (Lipinski definition) is 4. The van der Waals surface area contributed by atoms with Crippen LogP contribution in [0, 0.1) is 23.2 Å². The highest BCUT2D eigenvalue weighted by Crippen LogP contribution is 2.34. The molecule has 1 amide bonds. The fraction of sp³-hybridized carbons (Fsp3) is 0.522. The molecule has 0 bridgehead atoms. The number of nitrogens with one attached hydrogen (secondary N) is 2. The fourth-order valence-corrected chi connectivity index (χ4v) is 5.02. The van der Waals surface area contributed by atoms with Gasteiger partial charge in [0.15, 0.2) is 0 Å². The zero-order valence-electron chi connectivity index (χ0n) is 19.6. The molecule has 2 aliphatic rings. The lowest BCUT2D eigenvalue weighted by Gasteiger charge is -2.35. The summed E-state index contributed by atoms with van der Waals surface area (Å²) in [7, 11) is -5.50. The number of amides is 1. The van der Waals surface area contributed by atoms with E-state index in [9.17, 15) is 31.6 Å². The number of sulfone groups is 1. The first-order chi connectivity index (χ1) is 16.8. The first kappa shape index (κ1) is 27.5. The van der Waals surface area contributed by atoms with Gasteiger partial charge in [-0.1, -0.05) is 0 Å². The number of aliphatic imine (C=N–C) groups is 1. The number of alkyl halides is 3. The maximum atomic E-state index is 12.7. The van der Waals surface area contributed by atoms with E-state index in [1.807, 2.05) is 0 Å². The first-order valence-corrected chi connectivity index (χ1v) is 13.0. The molecule has 4 atom stereocenters. The van der Waals surface area contributed by atoms with Gasteiger partial charge in [-0.3, -0.25) is 4.79 Å². The largest absolute Gasteiger partial charge is 0.501 e. The second kappa shape index (κ2) is 10.9. The highest BCUT2D eigenvalue weighted by Gasteiger charge is 2.46. The van der Waals surface area contributed by atoms with Crippen LogP contribution in [-0.2, 0) is 14.6 Å². The molecule has 2 saturated carbocycles. The molecule has 0 saturated heterocycles. The molecule has 1 aromatic carbocycles. The van der Waals surface area contributed by atoms with Crippen molar-refractivity contribution in [2.75, 3.05) is 0 Å². The van der Waals surface area contributed by atoms with E-state index < -0.39 is 26.1 Å². The van der Waals surface area contributed by atoms with Crippen LogP contribution in [0.15, 0.2) is 45.9 Å². The minimum atomic E-state index is -5.50. The molecule has 0 aliphatic heterocycles. The molecular formula is C23H29F3N6O3S. The van der Waals surface area contributed by atoms with E-state index in [2.05, 4.69) is 28.6 Å². The predicted molar refractivity (Wildman–Crippen MR) is 127 cm³/mol.